The van der Waals surface area contributed by atoms with Crippen LogP contribution in [-0.2, 0) is 0 Å². The van der Waals surface area contributed by atoms with Crippen molar-refractivity contribution in [2.75, 3.05) is 6.61 Å². The molecule has 0 spiro atoms. The second kappa shape index (κ2) is 6.77. The van der Waals surface area contributed by atoms with Crippen LogP contribution in [0.5, 0.6) is 0 Å². The highest BCUT2D eigenvalue weighted by molar-refractivity contribution is 9.10. The van der Waals surface area contributed by atoms with E-state index < -0.39 is 0 Å². The summed E-state index contributed by atoms with van der Waals surface area (Å²) in [7, 11) is 0. The van der Waals surface area contributed by atoms with E-state index >= 15 is 0 Å². The van der Waals surface area contributed by atoms with Gasteiger partial charge in [-0.3, -0.25) is 4.79 Å². The summed E-state index contributed by atoms with van der Waals surface area (Å²) in [4.78, 5) is 11.9. The maximum Gasteiger partial charge on any atom is 0.251 e. The Balaban J connectivity index is 2.61. The van der Waals surface area contributed by atoms with Crippen molar-refractivity contribution in [2.45, 2.75) is 26.3 Å². The SMILES string of the molecule is CC(C)CC(CO)NC(=O)c1ccc(Br)cc1. The Bertz CT molecular complexity index is 362. The van der Waals surface area contributed by atoms with Crippen molar-refractivity contribution >= 4 is 21.8 Å². The summed E-state index contributed by atoms with van der Waals surface area (Å²) in [6, 6.07) is 6.98. The highest BCUT2D eigenvalue weighted by atomic mass is 79.9. The Morgan fingerprint density at radius 3 is 2.41 bits per heavy atom. The molecule has 1 amide bonds. The lowest BCUT2D eigenvalue weighted by molar-refractivity contribution is 0.0908. The molecular weight excluding hydrogens is 282 g/mol. The summed E-state index contributed by atoms with van der Waals surface area (Å²) >= 11 is 3.32. The molecule has 0 saturated heterocycles. The molecule has 2 N–H and O–H groups in total. The van der Waals surface area contributed by atoms with E-state index in [4.69, 9.17) is 0 Å². The summed E-state index contributed by atoms with van der Waals surface area (Å²) in [5.41, 5.74) is 0.607. The zero-order valence-electron chi connectivity index (χ0n) is 10.1. The Morgan fingerprint density at radius 1 is 1.35 bits per heavy atom. The van der Waals surface area contributed by atoms with Crippen molar-refractivity contribution in [3.8, 4) is 0 Å². The lowest BCUT2D eigenvalue weighted by Gasteiger charge is -2.18. The van der Waals surface area contributed by atoms with Crippen molar-refractivity contribution in [2.24, 2.45) is 5.92 Å². The number of rotatable bonds is 5. The van der Waals surface area contributed by atoms with Gasteiger partial charge in [0.2, 0.25) is 0 Å². The molecule has 0 aliphatic rings. The fourth-order valence-corrected chi connectivity index (χ4v) is 1.88. The maximum absolute atomic E-state index is 11.9. The minimum Gasteiger partial charge on any atom is -0.394 e. The Kier molecular flexibility index (Phi) is 5.65. The zero-order chi connectivity index (χ0) is 12.8. The summed E-state index contributed by atoms with van der Waals surface area (Å²) in [6.45, 7) is 4.10. The Labute approximate surface area is 110 Å². The van der Waals surface area contributed by atoms with Gasteiger partial charge < -0.3 is 10.4 Å². The van der Waals surface area contributed by atoms with Gasteiger partial charge in [0.05, 0.1) is 12.6 Å². The number of carbonyl (C=O) groups excluding carboxylic acids is 1. The molecule has 1 atom stereocenters. The first-order valence-corrected chi connectivity index (χ1v) is 6.49. The zero-order valence-corrected chi connectivity index (χ0v) is 11.7. The van der Waals surface area contributed by atoms with Crippen molar-refractivity contribution in [3.05, 3.63) is 34.3 Å². The molecule has 17 heavy (non-hydrogen) atoms. The van der Waals surface area contributed by atoms with Crippen LogP contribution in [-0.4, -0.2) is 23.7 Å². The molecule has 1 aromatic carbocycles. The number of halogens is 1. The monoisotopic (exact) mass is 299 g/mol. The quantitative estimate of drug-likeness (QED) is 0.878. The lowest BCUT2D eigenvalue weighted by Crippen LogP contribution is -2.38. The fourth-order valence-electron chi connectivity index (χ4n) is 1.62. The molecule has 0 heterocycles. The number of aliphatic hydroxyl groups excluding tert-OH is 1. The average Bonchev–Trinajstić information content (AvgIpc) is 2.28. The van der Waals surface area contributed by atoms with Gasteiger partial charge in [-0.2, -0.15) is 0 Å². The normalized spacial score (nSPS) is 12.5. The van der Waals surface area contributed by atoms with Gasteiger partial charge in [-0.15, -0.1) is 0 Å². The van der Waals surface area contributed by atoms with Gasteiger partial charge in [0.15, 0.2) is 0 Å². The van der Waals surface area contributed by atoms with Crippen LogP contribution in [0.15, 0.2) is 28.7 Å². The topological polar surface area (TPSA) is 49.3 Å². The Hall–Kier alpha value is -0.870. The van der Waals surface area contributed by atoms with E-state index in [0.717, 1.165) is 10.9 Å². The van der Waals surface area contributed by atoms with E-state index in [-0.39, 0.29) is 18.6 Å². The molecule has 4 heteroatoms. The summed E-state index contributed by atoms with van der Waals surface area (Å²) in [6.07, 6.45) is 0.777. The molecule has 0 bridgehead atoms. The molecule has 0 aromatic heterocycles. The highest BCUT2D eigenvalue weighted by Crippen LogP contribution is 2.11. The number of aliphatic hydroxyl groups is 1. The molecule has 0 radical (unpaired) electrons. The number of carbonyl (C=O) groups is 1. The predicted octanol–water partition coefficient (Wildman–Crippen LogP) is 2.59. The first-order chi connectivity index (χ1) is 8.02. The van der Waals surface area contributed by atoms with Gasteiger partial charge in [-0.1, -0.05) is 29.8 Å². The van der Waals surface area contributed by atoms with Gasteiger partial charge in [0.1, 0.15) is 0 Å². The summed E-state index contributed by atoms with van der Waals surface area (Å²) < 4.78 is 0.940. The van der Waals surface area contributed by atoms with E-state index in [1.165, 1.54) is 0 Å². The van der Waals surface area contributed by atoms with Crippen LogP contribution in [0, 0.1) is 5.92 Å². The second-order valence-electron chi connectivity index (χ2n) is 4.49. The average molecular weight is 300 g/mol. The van der Waals surface area contributed by atoms with Crippen LogP contribution < -0.4 is 5.32 Å². The number of benzene rings is 1. The summed E-state index contributed by atoms with van der Waals surface area (Å²) in [5, 5.41) is 12.0. The van der Waals surface area contributed by atoms with Crippen LogP contribution in [0.1, 0.15) is 30.6 Å². The molecule has 1 rings (SSSR count). The maximum atomic E-state index is 11.9. The number of nitrogens with one attached hydrogen (secondary N) is 1. The third-order valence-corrected chi connectivity index (χ3v) is 2.95. The largest absolute Gasteiger partial charge is 0.394 e. The molecule has 0 aliphatic heterocycles. The van der Waals surface area contributed by atoms with Gasteiger partial charge in [0.25, 0.3) is 5.91 Å². The standard InChI is InChI=1S/C13H18BrNO2/c1-9(2)7-12(8-16)15-13(17)10-3-5-11(14)6-4-10/h3-6,9,12,16H,7-8H2,1-2H3,(H,15,17). The minimum atomic E-state index is -0.175. The summed E-state index contributed by atoms with van der Waals surface area (Å²) in [5.74, 6) is 0.301. The highest BCUT2D eigenvalue weighted by Gasteiger charge is 2.14. The number of hydrogen-bond acceptors (Lipinski definition) is 2. The van der Waals surface area contributed by atoms with E-state index in [0.29, 0.717) is 11.5 Å². The minimum absolute atomic E-state index is 0.0273. The van der Waals surface area contributed by atoms with Crippen LogP contribution >= 0.6 is 15.9 Å². The molecule has 0 fully saturated rings. The smallest absolute Gasteiger partial charge is 0.251 e. The van der Waals surface area contributed by atoms with Gasteiger partial charge in [-0.25, -0.2) is 0 Å². The third-order valence-electron chi connectivity index (χ3n) is 2.42. The molecule has 0 aliphatic carbocycles. The van der Waals surface area contributed by atoms with E-state index in [2.05, 4.69) is 35.1 Å². The first-order valence-electron chi connectivity index (χ1n) is 5.70. The molecular formula is C13H18BrNO2. The molecule has 1 aromatic rings. The van der Waals surface area contributed by atoms with E-state index in [1.54, 1.807) is 12.1 Å². The van der Waals surface area contributed by atoms with Gasteiger partial charge in [0, 0.05) is 10.0 Å². The molecule has 1 unspecified atom stereocenters. The van der Waals surface area contributed by atoms with Crippen molar-refractivity contribution in [3.63, 3.8) is 0 Å². The molecule has 3 nitrogen and oxygen atoms in total. The van der Waals surface area contributed by atoms with Crippen LogP contribution in [0.25, 0.3) is 0 Å². The third kappa shape index (κ3) is 4.88. The fraction of sp³-hybridized carbons (Fsp3) is 0.462. The van der Waals surface area contributed by atoms with Crippen LogP contribution in [0.2, 0.25) is 0 Å². The Morgan fingerprint density at radius 2 is 1.94 bits per heavy atom. The van der Waals surface area contributed by atoms with E-state index in [9.17, 15) is 9.90 Å². The van der Waals surface area contributed by atoms with Crippen molar-refractivity contribution in [1.29, 1.82) is 0 Å². The van der Waals surface area contributed by atoms with E-state index in [1.807, 2.05) is 12.1 Å². The predicted molar refractivity (Wildman–Crippen MR) is 71.9 cm³/mol. The van der Waals surface area contributed by atoms with Crippen LogP contribution in [0.3, 0.4) is 0 Å². The van der Waals surface area contributed by atoms with Crippen molar-refractivity contribution in [1.82, 2.24) is 5.32 Å². The molecule has 94 valence electrons. The molecule has 0 saturated carbocycles. The first kappa shape index (κ1) is 14.2. The van der Waals surface area contributed by atoms with Gasteiger partial charge >= 0.3 is 0 Å². The van der Waals surface area contributed by atoms with Crippen LogP contribution in [0.4, 0.5) is 0 Å². The number of amides is 1. The second-order valence-corrected chi connectivity index (χ2v) is 5.41. The van der Waals surface area contributed by atoms with Crippen molar-refractivity contribution < 1.29 is 9.90 Å². The number of hydrogen-bond donors (Lipinski definition) is 2. The lowest BCUT2D eigenvalue weighted by atomic mass is 10.0. The van der Waals surface area contributed by atoms with Gasteiger partial charge in [-0.05, 0) is 36.6 Å².